The van der Waals surface area contributed by atoms with Crippen LogP contribution in [0.5, 0.6) is 0 Å². The Bertz CT molecular complexity index is 665. The van der Waals surface area contributed by atoms with Gasteiger partial charge in [0, 0.05) is 24.7 Å². The van der Waals surface area contributed by atoms with Gasteiger partial charge in [-0.1, -0.05) is 6.07 Å². The molecule has 116 valence electrons. The van der Waals surface area contributed by atoms with Gasteiger partial charge < -0.3 is 4.90 Å². The van der Waals surface area contributed by atoms with E-state index in [-0.39, 0.29) is 25.4 Å². The van der Waals surface area contributed by atoms with E-state index in [9.17, 15) is 18.0 Å². The number of carbonyl (C=O) groups excluding carboxylic acids is 1. The highest BCUT2D eigenvalue weighted by Gasteiger charge is 2.48. The molecule has 8 heteroatoms. The van der Waals surface area contributed by atoms with Crippen molar-refractivity contribution in [1.29, 1.82) is 0 Å². The average molecular weight is 327 g/mol. The summed E-state index contributed by atoms with van der Waals surface area (Å²) < 4.78 is 37.2. The monoisotopic (exact) mass is 327 g/mol. The van der Waals surface area contributed by atoms with Crippen LogP contribution in [-0.2, 0) is 11.2 Å². The molecular formula is C14H12F3N3OS. The van der Waals surface area contributed by atoms with Gasteiger partial charge in [-0.2, -0.15) is 13.2 Å². The summed E-state index contributed by atoms with van der Waals surface area (Å²) in [5, 5.41) is 2.43. The minimum Gasteiger partial charge on any atom is -0.341 e. The highest BCUT2D eigenvalue weighted by Crippen LogP contribution is 2.33. The van der Waals surface area contributed by atoms with E-state index in [1.54, 1.807) is 17.6 Å². The molecule has 0 N–H and O–H groups in total. The van der Waals surface area contributed by atoms with Crippen molar-refractivity contribution >= 4 is 17.2 Å². The van der Waals surface area contributed by atoms with Crippen molar-refractivity contribution in [3.8, 4) is 10.7 Å². The predicted octanol–water partition coefficient (Wildman–Crippen LogP) is 2.77. The third-order valence-electron chi connectivity index (χ3n) is 3.47. The van der Waals surface area contributed by atoms with E-state index in [1.165, 1.54) is 16.2 Å². The molecule has 3 heterocycles. The van der Waals surface area contributed by atoms with Gasteiger partial charge in [0.1, 0.15) is 5.01 Å². The molecule has 1 amide bonds. The lowest BCUT2D eigenvalue weighted by Gasteiger charge is -2.40. The van der Waals surface area contributed by atoms with E-state index in [4.69, 9.17) is 0 Å². The van der Waals surface area contributed by atoms with Gasteiger partial charge in [-0.3, -0.25) is 9.78 Å². The van der Waals surface area contributed by atoms with Gasteiger partial charge in [-0.25, -0.2) is 4.98 Å². The van der Waals surface area contributed by atoms with Crippen LogP contribution in [0.25, 0.3) is 10.7 Å². The maximum Gasteiger partial charge on any atom is 0.395 e. The quantitative estimate of drug-likeness (QED) is 0.871. The molecule has 2 aromatic heterocycles. The summed E-state index contributed by atoms with van der Waals surface area (Å²) >= 11 is 1.36. The van der Waals surface area contributed by atoms with Crippen molar-refractivity contribution < 1.29 is 18.0 Å². The number of hydrogen-bond acceptors (Lipinski definition) is 4. The number of nitrogens with zero attached hydrogens (tertiary/aromatic N) is 3. The Morgan fingerprint density at radius 1 is 1.36 bits per heavy atom. The second-order valence-electron chi connectivity index (χ2n) is 5.07. The highest BCUT2D eigenvalue weighted by atomic mass is 32.1. The second kappa shape index (κ2) is 5.68. The number of likely N-dealkylation sites (tertiary alicyclic amines) is 1. The van der Waals surface area contributed by atoms with Crippen LogP contribution in [0.4, 0.5) is 13.2 Å². The molecule has 1 aliphatic heterocycles. The first-order chi connectivity index (χ1) is 10.4. The predicted molar refractivity (Wildman–Crippen MR) is 75.2 cm³/mol. The second-order valence-corrected chi connectivity index (χ2v) is 5.93. The molecule has 0 atom stereocenters. The van der Waals surface area contributed by atoms with Crippen LogP contribution in [0, 0.1) is 5.92 Å². The fourth-order valence-corrected chi connectivity index (χ4v) is 2.95. The largest absolute Gasteiger partial charge is 0.395 e. The van der Waals surface area contributed by atoms with Crippen LogP contribution in [0.3, 0.4) is 0 Å². The van der Waals surface area contributed by atoms with Gasteiger partial charge in [-0.15, -0.1) is 11.3 Å². The molecule has 1 fully saturated rings. The molecule has 0 spiro atoms. The maximum absolute atomic E-state index is 12.4. The molecule has 0 saturated carbocycles. The summed E-state index contributed by atoms with van der Waals surface area (Å²) in [5.41, 5.74) is 1.28. The van der Waals surface area contributed by atoms with Crippen LogP contribution in [0.1, 0.15) is 5.69 Å². The summed E-state index contributed by atoms with van der Waals surface area (Å²) in [6, 6.07) is 5.45. The molecule has 1 saturated heterocycles. The lowest BCUT2D eigenvalue weighted by atomic mass is 9.99. The first-order valence-corrected chi connectivity index (χ1v) is 7.52. The van der Waals surface area contributed by atoms with Crippen molar-refractivity contribution in [2.24, 2.45) is 5.92 Å². The standard InChI is InChI=1S/C14H12F3N3OS/c15-14(16,17)9-6-20(7-9)12(21)5-10-8-22-13(19-10)11-3-1-2-4-18-11/h1-4,8-9H,5-7H2. The Morgan fingerprint density at radius 3 is 2.77 bits per heavy atom. The molecule has 4 nitrogen and oxygen atoms in total. The normalized spacial score (nSPS) is 15.7. The number of pyridine rings is 1. The molecule has 0 aliphatic carbocycles. The van der Waals surface area contributed by atoms with Gasteiger partial charge in [-0.05, 0) is 12.1 Å². The molecule has 22 heavy (non-hydrogen) atoms. The van der Waals surface area contributed by atoms with Crippen LogP contribution in [0.15, 0.2) is 29.8 Å². The number of aromatic nitrogens is 2. The van der Waals surface area contributed by atoms with Gasteiger partial charge in [0.15, 0.2) is 0 Å². The molecular weight excluding hydrogens is 315 g/mol. The average Bonchev–Trinajstić information content (AvgIpc) is 2.84. The van der Waals surface area contributed by atoms with Gasteiger partial charge in [0.05, 0.1) is 23.7 Å². The fourth-order valence-electron chi connectivity index (χ4n) is 2.15. The molecule has 0 bridgehead atoms. The van der Waals surface area contributed by atoms with Crippen molar-refractivity contribution in [3.63, 3.8) is 0 Å². The molecule has 0 unspecified atom stereocenters. The van der Waals surface area contributed by atoms with Crippen LogP contribution >= 0.6 is 11.3 Å². The molecule has 3 rings (SSSR count). The van der Waals surface area contributed by atoms with Gasteiger partial charge in [0.2, 0.25) is 5.91 Å². The Labute approximate surface area is 128 Å². The number of thiazole rings is 1. The third kappa shape index (κ3) is 3.11. The Morgan fingerprint density at radius 2 is 2.14 bits per heavy atom. The summed E-state index contributed by atoms with van der Waals surface area (Å²) in [6.45, 7) is -0.501. The Hall–Kier alpha value is -1.96. The van der Waals surface area contributed by atoms with Crippen LogP contribution < -0.4 is 0 Å². The number of amides is 1. The molecule has 1 aliphatic rings. The van der Waals surface area contributed by atoms with E-state index >= 15 is 0 Å². The molecule has 0 radical (unpaired) electrons. The zero-order valence-corrected chi connectivity index (χ0v) is 12.2. The van der Waals surface area contributed by atoms with Crippen LogP contribution in [0.2, 0.25) is 0 Å². The van der Waals surface area contributed by atoms with E-state index in [0.717, 1.165) is 0 Å². The Balaban J connectivity index is 1.59. The minimum atomic E-state index is -4.22. The Kier molecular flexibility index (Phi) is 3.86. The van der Waals surface area contributed by atoms with E-state index in [1.807, 2.05) is 12.1 Å². The van der Waals surface area contributed by atoms with Crippen molar-refractivity contribution in [1.82, 2.24) is 14.9 Å². The lowest BCUT2D eigenvalue weighted by Crippen LogP contribution is -2.55. The number of hydrogen-bond donors (Lipinski definition) is 0. The van der Waals surface area contributed by atoms with Gasteiger partial charge >= 0.3 is 6.18 Å². The van der Waals surface area contributed by atoms with Crippen molar-refractivity contribution in [2.75, 3.05) is 13.1 Å². The zero-order chi connectivity index (χ0) is 15.7. The number of carbonyl (C=O) groups is 1. The summed E-state index contributed by atoms with van der Waals surface area (Å²) in [7, 11) is 0. The van der Waals surface area contributed by atoms with E-state index in [2.05, 4.69) is 9.97 Å². The first-order valence-electron chi connectivity index (χ1n) is 6.64. The number of alkyl halides is 3. The minimum absolute atomic E-state index is 0.0217. The van der Waals surface area contributed by atoms with Crippen molar-refractivity contribution in [2.45, 2.75) is 12.6 Å². The lowest BCUT2D eigenvalue weighted by molar-refractivity contribution is -0.209. The number of halogens is 3. The SMILES string of the molecule is O=C(Cc1csc(-c2ccccn2)n1)N1CC(C(F)(F)F)C1. The summed E-state index contributed by atoms with van der Waals surface area (Å²) in [5.74, 6) is -1.71. The third-order valence-corrected chi connectivity index (χ3v) is 4.38. The smallest absolute Gasteiger partial charge is 0.341 e. The van der Waals surface area contributed by atoms with Crippen molar-refractivity contribution in [3.05, 3.63) is 35.5 Å². The molecule has 2 aromatic rings. The first kappa shape index (κ1) is 15.0. The fraction of sp³-hybridized carbons (Fsp3) is 0.357. The van der Waals surface area contributed by atoms with Gasteiger partial charge in [0.25, 0.3) is 0 Å². The van der Waals surface area contributed by atoms with E-state index < -0.39 is 12.1 Å². The number of rotatable bonds is 3. The highest BCUT2D eigenvalue weighted by molar-refractivity contribution is 7.13. The maximum atomic E-state index is 12.4. The summed E-state index contributed by atoms with van der Waals surface area (Å²) in [6.07, 6.45) is -2.55. The molecule has 0 aromatic carbocycles. The van der Waals surface area contributed by atoms with E-state index in [0.29, 0.717) is 16.4 Å². The zero-order valence-electron chi connectivity index (χ0n) is 11.4. The van der Waals surface area contributed by atoms with Crippen LogP contribution in [-0.4, -0.2) is 40.0 Å². The summed E-state index contributed by atoms with van der Waals surface area (Å²) in [4.78, 5) is 21.6. The topological polar surface area (TPSA) is 46.1 Å².